The molecule has 0 spiro atoms. The van der Waals surface area contributed by atoms with Crippen molar-refractivity contribution in [2.75, 3.05) is 12.4 Å². The zero-order valence-electron chi connectivity index (χ0n) is 11.7. The number of hydrogen-bond donors (Lipinski definition) is 2. The first-order valence-electron chi connectivity index (χ1n) is 6.88. The molecule has 1 aliphatic heterocycles. The molecule has 0 bridgehead atoms. The molecule has 21 heavy (non-hydrogen) atoms. The highest BCUT2D eigenvalue weighted by atomic mass is 19.1. The lowest BCUT2D eigenvalue weighted by Gasteiger charge is -2.22. The van der Waals surface area contributed by atoms with Crippen molar-refractivity contribution in [3.63, 3.8) is 0 Å². The van der Waals surface area contributed by atoms with Gasteiger partial charge in [-0.05, 0) is 42.8 Å². The number of carbonyl (C=O) groups is 1. The first-order valence-corrected chi connectivity index (χ1v) is 6.88. The molecule has 5 heteroatoms. The summed E-state index contributed by atoms with van der Waals surface area (Å²) < 4.78 is 14.4. The topological polar surface area (TPSA) is 54.0 Å². The van der Waals surface area contributed by atoms with Gasteiger partial charge in [-0.3, -0.25) is 9.78 Å². The van der Waals surface area contributed by atoms with Crippen LogP contribution >= 0.6 is 0 Å². The van der Waals surface area contributed by atoms with Crippen LogP contribution in [0.1, 0.15) is 29.2 Å². The molecule has 1 aliphatic rings. The third-order valence-electron chi connectivity index (χ3n) is 3.74. The van der Waals surface area contributed by atoms with Crippen LogP contribution in [0.4, 0.5) is 10.1 Å². The van der Waals surface area contributed by atoms with Crippen LogP contribution in [0.2, 0.25) is 0 Å². The van der Waals surface area contributed by atoms with E-state index in [4.69, 9.17) is 0 Å². The number of anilines is 1. The summed E-state index contributed by atoms with van der Waals surface area (Å²) in [5.74, 6) is -0.397. The van der Waals surface area contributed by atoms with Gasteiger partial charge in [0.1, 0.15) is 5.82 Å². The van der Waals surface area contributed by atoms with Crippen LogP contribution in [-0.2, 0) is 11.2 Å². The van der Waals surface area contributed by atoms with Crippen LogP contribution in [0.25, 0.3) is 0 Å². The zero-order valence-corrected chi connectivity index (χ0v) is 11.7. The van der Waals surface area contributed by atoms with E-state index in [0.29, 0.717) is 24.1 Å². The number of nitrogens with zero attached hydrogens (tertiary/aromatic N) is 1. The number of carbonyl (C=O) groups excluding carboxylic acids is 1. The quantitative estimate of drug-likeness (QED) is 0.910. The maximum absolute atomic E-state index is 14.4. The molecule has 2 aromatic rings. The molecule has 0 saturated carbocycles. The Bertz CT molecular complexity index is 673. The van der Waals surface area contributed by atoms with Gasteiger partial charge in [0.25, 0.3) is 0 Å². The van der Waals surface area contributed by atoms with E-state index in [-0.39, 0.29) is 17.8 Å². The molecule has 0 saturated heterocycles. The second-order valence-electron chi connectivity index (χ2n) is 5.09. The second-order valence-corrected chi connectivity index (χ2v) is 5.09. The van der Waals surface area contributed by atoms with Gasteiger partial charge in [0.2, 0.25) is 5.91 Å². The smallest absolute Gasteiger partial charge is 0.224 e. The van der Waals surface area contributed by atoms with Crippen LogP contribution in [-0.4, -0.2) is 17.9 Å². The van der Waals surface area contributed by atoms with Crippen LogP contribution in [0.3, 0.4) is 0 Å². The molecule has 0 radical (unpaired) electrons. The highest BCUT2D eigenvalue weighted by Crippen LogP contribution is 2.31. The number of pyridine rings is 1. The van der Waals surface area contributed by atoms with Crippen LogP contribution < -0.4 is 10.6 Å². The number of hydrogen-bond acceptors (Lipinski definition) is 3. The largest absolute Gasteiger partial charge is 0.326 e. The maximum atomic E-state index is 14.4. The maximum Gasteiger partial charge on any atom is 0.224 e. The van der Waals surface area contributed by atoms with Gasteiger partial charge in [-0.25, -0.2) is 4.39 Å². The molecule has 1 amide bonds. The highest BCUT2D eigenvalue weighted by molar-refractivity contribution is 5.93. The minimum Gasteiger partial charge on any atom is -0.326 e. The monoisotopic (exact) mass is 285 g/mol. The summed E-state index contributed by atoms with van der Waals surface area (Å²) in [5.41, 5.74) is 3.02. The Morgan fingerprint density at radius 3 is 2.95 bits per heavy atom. The lowest BCUT2D eigenvalue weighted by molar-refractivity contribution is -0.116. The summed E-state index contributed by atoms with van der Waals surface area (Å²) in [6.07, 6.45) is 4.49. The van der Waals surface area contributed by atoms with E-state index in [1.165, 1.54) is 6.07 Å². The van der Waals surface area contributed by atoms with Gasteiger partial charge in [-0.2, -0.15) is 0 Å². The van der Waals surface area contributed by atoms with Crippen molar-refractivity contribution in [1.82, 2.24) is 10.3 Å². The number of rotatable bonds is 3. The van der Waals surface area contributed by atoms with Gasteiger partial charge in [-0.15, -0.1) is 0 Å². The van der Waals surface area contributed by atoms with Gasteiger partial charge < -0.3 is 10.6 Å². The molecule has 3 rings (SSSR count). The normalized spacial score (nSPS) is 15.2. The van der Waals surface area contributed by atoms with E-state index in [0.717, 1.165) is 11.1 Å². The lowest BCUT2D eigenvalue weighted by atomic mass is 9.94. The Labute approximate surface area is 122 Å². The van der Waals surface area contributed by atoms with Gasteiger partial charge in [0.05, 0.1) is 6.04 Å². The Morgan fingerprint density at radius 1 is 1.38 bits per heavy atom. The number of fused-ring (bicyclic) bond motifs is 1. The molecular weight excluding hydrogens is 269 g/mol. The minimum atomic E-state index is -0.334. The predicted molar refractivity (Wildman–Crippen MR) is 78.5 cm³/mol. The van der Waals surface area contributed by atoms with Crippen molar-refractivity contribution >= 4 is 11.6 Å². The molecule has 2 N–H and O–H groups in total. The van der Waals surface area contributed by atoms with Crippen molar-refractivity contribution in [3.05, 3.63) is 59.2 Å². The van der Waals surface area contributed by atoms with Crippen molar-refractivity contribution in [1.29, 1.82) is 0 Å². The molecule has 1 unspecified atom stereocenters. The molecule has 4 nitrogen and oxygen atoms in total. The first-order chi connectivity index (χ1) is 10.2. The molecular formula is C16H16FN3O. The predicted octanol–water partition coefficient (Wildman–Crippen LogP) is 2.41. The standard InChI is InChI=1S/C16H16FN3O/c1-18-16(11-3-2-6-19-9-11)12-7-10-4-5-15(21)20-14(10)8-13(12)17/h2-3,6-9,16,18H,4-5H2,1H3,(H,20,21). The lowest BCUT2D eigenvalue weighted by Crippen LogP contribution is -2.22. The van der Waals surface area contributed by atoms with E-state index in [2.05, 4.69) is 15.6 Å². The van der Waals surface area contributed by atoms with Crippen molar-refractivity contribution in [2.24, 2.45) is 0 Å². The van der Waals surface area contributed by atoms with E-state index in [1.54, 1.807) is 19.4 Å². The number of amides is 1. The molecule has 1 aromatic heterocycles. The van der Waals surface area contributed by atoms with Gasteiger partial charge in [0, 0.05) is 30.1 Å². The van der Waals surface area contributed by atoms with E-state index in [1.807, 2.05) is 18.2 Å². The number of halogens is 1. The Hall–Kier alpha value is -2.27. The van der Waals surface area contributed by atoms with Gasteiger partial charge in [-0.1, -0.05) is 6.07 Å². The number of nitrogens with one attached hydrogen (secondary N) is 2. The fraction of sp³-hybridized carbons (Fsp3) is 0.250. The molecule has 0 fully saturated rings. The van der Waals surface area contributed by atoms with Crippen LogP contribution in [0, 0.1) is 5.82 Å². The van der Waals surface area contributed by atoms with Crippen LogP contribution in [0.5, 0.6) is 0 Å². The van der Waals surface area contributed by atoms with Gasteiger partial charge in [0.15, 0.2) is 0 Å². The van der Waals surface area contributed by atoms with Gasteiger partial charge >= 0.3 is 0 Å². The Balaban J connectivity index is 2.03. The summed E-state index contributed by atoms with van der Waals surface area (Å²) in [6, 6.07) is 6.72. The van der Waals surface area contributed by atoms with Crippen molar-refractivity contribution < 1.29 is 9.18 Å². The summed E-state index contributed by atoms with van der Waals surface area (Å²) in [5, 5.41) is 5.84. The zero-order chi connectivity index (χ0) is 14.8. The number of benzene rings is 1. The van der Waals surface area contributed by atoms with E-state index < -0.39 is 0 Å². The highest BCUT2D eigenvalue weighted by Gasteiger charge is 2.22. The molecule has 0 aliphatic carbocycles. The van der Waals surface area contributed by atoms with Crippen molar-refractivity contribution in [2.45, 2.75) is 18.9 Å². The third kappa shape index (κ3) is 2.64. The second kappa shape index (κ2) is 5.61. The fourth-order valence-corrected chi connectivity index (χ4v) is 2.69. The summed E-state index contributed by atoms with van der Waals surface area (Å²) in [7, 11) is 1.79. The Kier molecular flexibility index (Phi) is 3.66. The summed E-state index contributed by atoms with van der Waals surface area (Å²) >= 11 is 0. The molecule has 1 aromatic carbocycles. The average Bonchev–Trinajstić information content (AvgIpc) is 2.50. The first kappa shape index (κ1) is 13.7. The van der Waals surface area contributed by atoms with Crippen LogP contribution in [0.15, 0.2) is 36.7 Å². The summed E-state index contributed by atoms with van der Waals surface area (Å²) in [6.45, 7) is 0. The fourth-order valence-electron chi connectivity index (χ4n) is 2.69. The number of aryl methyl sites for hydroxylation is 1. The SMILES string of the molecule is CNC(c1cccnc1)c1cc2c(cc1F)NC(=O)CC2. The van der Waals surface area contributed by atoms with Crippen molar-refractivity contribution in [3.8, 4) is 0 Å². The van der Waals surface area contributed by atoms with E-state index in [9.17, 15) is 9.18 Å². The molecule has 1 atom stereocenters. The molecule has 108 valence electrons. The van der Waals surface area contributed by atoms with E-state index >= 15 is 0 Å². The third-order valence-corrected chi connectivity index (χ3v) is 3.74. The average molecular weight is 285 g/mol. The summed E-state index contributed by atoms with van der Waals surface area (Å²) in [4.78, 5) is 15.5. The molecule has 2 heterocycles. The Morgan fingerprint density at radius 2 is 2.24 bits per heavy atom. The minimum absolute atomic E-state index is 0.0629. The number of aromatic nitrogens is 1.